The molecule has 0 unspecified atom stereocenters. The summed E-state index contributed by atoms with van der Waals surface area (Å²) in [7, 11) is -3.54. The minimum absolute atomic E-state index is 0.197. The zero-order valence-corrected chi connectivity index (χ0v) is 12.9. The molecule has 0 bridgehead atoms. The smallest absolute Gasteiger partial charge is 0.240 e. The molecule has 7 nitrogen and oxygen atoms in total. The fraction of sp³-hybridized carbons (Fsp3) is 0.385. The van der Waals surface area contributed by atoms with Crippen LogP contribution in [0.1, 0.15) is 23.4 Å². The lowest BCUT2D eigenvalue weighted by Crippen LogP contribution is -2.25. The molecule has 0 radical (unpaired) electrons. The molecule has 2 rings (SSSR count). The summed E-state index contributed by atoms with van der Waals surface area (Å²) in [5, 5.41) is 6.47. The van der Waals surface area contributed by atoms with Gasteiger partial charge in [0.25, 0.3) is 0 Å². The van der Waals surface area contributed by atoms with E-state index in [9.17, 15) is 8.42 Å². The number of benzene rings is 1. The number of aromatic nitrogens is 3. The van der Waals surface area contributed by atoms with Crippen LogP contribution in [0.25, 0.3) is 0 Å². The van der Waals surface area contributed by atoms with Crippen LogP contribution in [0.4, 0.5) is 5.69 Å². The van der Waals surface area contributed by atoms with Crippen LogP contribution in [-0.4, -0.2) is 30.1 Å². The number of anilines is 1. The van der Waals surface area contributed by atoms with Crippen molar-refractivity contribution in [2.24, 2.45) is 0 Å². The molecule has 0 atom stereocenters. The van der Waals surface area contributed by atoms with Crippen molar-refractivity contribution in [2.45, 2.75) is 31.6 Å². The minimum Gasteiger partial charge on any atom is -0.398 e. The molecule has 0 spiro atoms. The first-order valence-corrected chi connectivity index (χ1v) is 8.09. The van der Waals surface area contributed by atoms with E-state index >= 15 is 0 Å². The fourth-order valence-corrected chi connectivity index (χ4v) is 3.10. The number of nitrogens with two attached hydrogens (primary N) is 1. The summed E-state index contributed by atoms with van der Waals surface area (Å²) in [6.07, 6.45) is 2.70. The summed E-state index contributed by atoms with van der Waals surface area (Å²) < 4.78 is 27.0. The van der Waals surface area contributed by atoms with Gasteiger partial charge in [-0.2, -0.15) is 5.10 Å². The Hall–Kier alpha value is -1.93. The monoisotopic (exact) mass is 309 g/mol. The SMILES string of the molecule is Cc1cc(S(=O)(=O)NCCCc2ncn[nH]2)cc(N)c1C. The first-order valence-electron chi connectivity index (χ1n) is 6.61. The maximum atomic E-state index is 12.2. The maximum absolute atomic E-state index is 12.2. The van der Waals surface area contributed by atoms with Crippen molar-refractivity contribution in [1.29, 1.82) is 0 Å². The van der Waals surface area contributed by atoms with Crippen LogP contribution in [0.2, 0.25) is 0 Å². The molecule has 1 aromatic carbocycles. The van der Waals surface area contributed by atoms with Crippen molar-refractivity contribution in [3.05, 3.63) is 35.4 Å². The molecule has 0 amide bonds. The molecule has 114 valence electrons. The predicted molar refractivity (Wildman–Crippen MR) is 80.2 cm³/mol. The van der Waals surface area contributed by atoms with Gasteiger partial charge in [0.15, 0.2) is 0 Å². The quantitative estimate of drug-likeness (QED) is 0.542. The fourth-order valence-electron chi connectivity index (χ4n) is 1.90. The van der Waals surface area contributed by atoms with Crippen molar-refractivity contribution in [2.75, 3.05) is 12.3 Å². The second-order valence-corrected chi connectivity index (χ2v) is 6.65. The normalized spacial score (nSPS) is 11.7. The maximum Gasteiger partial charge on any atom is 0.240 e. The molecule has 2 aromatic rings. The molecule has 0 fully saturated rings. The Morgan fingerprint density at radius 2 is 2.10 bits per heavy atom. The number of aromatic amines is 1. The zero-order chi connectivity index (χ0) is 15.5. The van der Waals surface area contributed by atoms with E-state index in [0.717, 1.165) is 17.0 Å². The second kappa shape index (κ2) is 6.23. The van der Waals surface area contributed by atoms with Gasteiger partial charge in [0.05, 0.1) is 4.90 Å². The van der Waals surface area contributed by atoms with Crippen molar-refractivity contribution in [3.8, 4) is 0 Å². The minimum atomic E-state index is -3.54. The third-order valence-corrected chi connectivity index (χ3v) is 4.78. The van der Waals surface area contributed by atoms with Gasteiger partial charge in [-0.25, -0.2) is 18.1 Å². The summed E-state index contributed by atoms with van der Waals surface area (Å²) in [5.74, 6) is 0.740. The van der Waals surface area contributed by atoms with Gasteiger partial charge in [0, 0.05) is 18.7 Å². The highest BCUT2D eigenvalue weighted by Crippen LogP contribution is 2.21. The molecule has 0 aliphatic rings. The molecule has 1 aromatic heterocycles. The number of nitrogens with one attached hydrogen (secondary N) is 2. The second-order valence-electron chi connectivity index (χ2n) is 4.89. The standard InChI is InChI=1S/C13H19N5O2S/c1-9-6-11(7-12(14)10(9)2)21(19,20)17-5-3-4-13-15-8-16-18-13/h6-8,17H,3-5,14H2,1-2H3,(H,15,16,18). The third kappa shape index (κ3) is 3.79. The highest BCUT2D eigenvalue weighted by molar-refractivity contribution is 7.89. The van der Waals surface area contributed by atoms with Gasteiger partial charge in [0.2, 0.25) is 10.0 Å². The van der Waals surface area contributed by atoms with E-state index in [2.05, 4.69) is 19.9 Å². The van der Waals surface area contributed by atoms with E-state index in [1.54, 1.807) is 6.07 Å². The molecule has 0 saturated heterocycles. The van der Waals surface area contributed by atoms with Gasteiger partial charge in [0.1, 0.15) is 12.2 Å². The van der Waals surface area contributed by atoms with Crippen molar-refractivity contribution >= 4 is 15.7 Å². The first-order chi connectivity index (χ1) is 9.90. The van der Waals surface area contributed by atoms with Crippen molar-refractivity contribution in [3.63, 3.8) is 0 Å². The van der Waals surface area contributed by atoms with Crippen LogP contribution in [0.15, 0.2) is 23.4 Å². The predicted octanol–water partition coefficient (Wildman–Crippen LogP) is 0.915. The van der Waals surface area contributed by atoms with Crippen LogP contribution < -0.4 is 10.5 Å². The number of nitrogens with zero attached hydrogens (tertiary/aromatic N) is 2. The van der Waals surface area contributed by atoms with Crippen LogP contribution in [0.5, 0.6) is 0 Å². The Morgan fingerprint density at radius 1 is 1.33 bits per heavy atom. The van der Waals surface area contributed by atoms with E-state index in [1.807, 2.05) is 13.8 Å². The van der Waals surface area contributed by atoms with Gasteiger partial charge >= 0.3 is 0 Å². The molecular formula is C13H19N5O2S. The topological polar surface area (TPSA) is 114 Å². The number of hydrogen-bond donors (Lipinski definition) is 3. The Morgan fingerprint density at radius 3 is 2.71 bits per heavy atom. The lowest BCUT2D eigenvalue weighted by Gasteiger charge is -2.10. The average Bonchev–Trinajstić information content (AvgIpc) is 2.93. The molecule has 0 aliphatic carbocycles. The number of hydrogen-bond acceptors (Lipinski definition) is 5. The van der Waals surface area contributed by atoms with E-state index < -0.39 is 10.0 Å². The van der Waals surface area contributed by atoms with E-state index in [0.29, 0.717) is 25.1 Å². The molecule has 4 N–H and O–H groups in total. The molecule has 21 heavy (non-hydrogen) atoms. The van der Waals surface area contributed by atoms with E-state index in [1.165, 1.54) is 12.4 Å². The third-order valence-electron chi connectivity index (χ3n) is 3.34. The highest BCUT2D eigenvalue weighted by Gasteiger charge is 2.15. The summed E-state index contributed by atoms with van der Waals surface area (Å²) in [6, 6.07) is 3.12. The average molecular weight is 309 g/mol. The van der Waals surface area contributed by atoms with Crippen LogP contribution in [0, 0.1) is 13.8 Å². The molecule has 8 heteroatoms. The largest absolute Gasteiger partial charge is 0.398 e. The van der Waals surface area contributed by atoms with Crippen LogP contribution in [0.3, 0.4) is 0 Å². The Labute approximate surface area is 124 Å². The summed E-state index contributed by atoms with van der Waals surface area (Å²) in [4.78, 5) is 4.18. The molecule has 0 saturated carbocycles. The van der Waals surface area contributed by atoms with Gasteiger partial charge in [-0.3, -0.25) is 5.10 Å². The van der Waals surface area contributed by atoms with E-state index in [-0.39, 0.29) is 4.90 Å². The van der Waals surface area contributed by atoms with Crippen molar-refractivity contribution in [1.82, 2.24) is 19.9 Å². The first kappa shape index (κ1) is 15.5. The summed E-state index contributed by atoms with van der Waals surface area (Å²) in [6.45, 7) is 4.04. The van der Waals surface area contributed by atoms with Gasteiger partial charge < -0.3 is 5.73 Å². The summed E-state index contributed by atoms with van der Waals surface area (Å²) in [5.41, 5.74) is 8.07. The van der Waals surface area contributed by atoms with E-state index in [4.69, 9.17) is 5.73 Å². The number of rotatable bonds is 6. The number of H-pyrrole nitrogens is 1. The Bertz CT molecular complexity index is 687. The van der Waals surface area contributed by atoms with Gasteiger partial charge in [-0.1, -0.05) is 0 Å². The molecule has 0 aliphatic heterocycles. The number of aryl methyl sites for hydroxylation is 2. The van der Waals surface area contributed by atoms with Gasteiger partial charge in [-0.15, -0.1) is 0 Å². The molecular weight excluding hydrogens is 290 g/mol. The van der Waals surface area contributed by atoms with Crippen LogP contribution >= 0.6 is 0 Å². The lowest BCUT2D eigenvalue weighted by molar-refractivity contribution is 0.578. The summed E-state index contributed by atoms with van der Waals surface area (Å²) >= 11 is 0. The Kier molecular flexibility index (Phi) is 4.59. The molecule has 1 heterocycles. The number of sulfonamides is 1. The van der Waals surface area contributed by atoms with Gasteiger partial charge in [-0.05, 0) is 43.5 Å². The Balaban J connectivity index is 1.98. The van der Waals surface area contributed by atoms with Crippen molar-refractivity contribution < 1.29 is 8.42 Å². The zero-order valence-electron chi connectivity index (χ0n) is 12.0. The number of nitrogen functional groups attached to an aromatic ring is 1. The highest BCUT2D eigenvalue weighted by atomic mass is 32.2. The van der Waals surface area contributed by atoms with Crippen LogP contribution in [-0.2, 0) is 16.4 Å². The lowest BCUT2D eigenvalue weighted by atomic mass is 10.1.